The molecule has 0 amide bonds. The summed E-state index contributed by atoms with van der Waals surface area (Å²) in [5.41, 5.74) is 1.65. The molecule has 17 heavy (non-hydrogen) atoms. The first kappa shape index (κ1) is 10.7. The minimum absolute atomic E-state index is 0.0148. The van der Waals surface area contributed by atoms with Crippen molar-refractivity contribution in [3.8, 4) is 0 Å². The molecule has 0 saturated heterocycles. The van der Waals surface area contributed by atoms with Gasteiger partial charge in [0.2, 0.25) is 0 Å². The van der Waals surface area contributed by atoms with Gasteiger partial charge in [0.15, 0.2) is 0 Å². The van der Waals surface area contributed by atoms with Crippen LogP contribution in [0.5, 0.6) is 0 Å². The number of rotatable bonds is 3. The van der Waals surface area contributed by atoms with E-state index in [9.17, 15) is 4.79 Å². The molecule has 1 fully saturated rings. The van der Waals surface area contributed by atoms with Crippen LogP contribution in [0.1, 0.15) is 35.0 Å². The molecule has 1 aliphatic rings. The average Bonchev–Trinajstić information content (AvgIpc) is 3.06. The fraction of sp³-hybridized carbons (Fsp3) is 0.417. The van der Waals surface area contributed by atoms with E-state index in [0.717, 1.165) is 5.69 Å². The summed E-state index contributed by atoms with van der Waals surface area (Å²) in [4.78, 5) is 20.4. The summed E-state index contributed by atoms with van der Waals surface area (Å²) >= 11 is 1.70. The van der Waals surface area contributed by atoms with Gasteiger partial charge in [-0.2, -0.15) is 0 Å². The summed E-state index contributed by atoms with van der Waals surface area (Å²) in [5.74, 6) is 0.682. The number of hydrogen-bond acceptors (Lipinski definition) is 4. The Balaban J connectivity index is 1.85. The van der Waals surface area contributed by atoms with Gasteiger partial charge in [-0.25, -0.2) is 9.97 Å². The molecule has 88 valence electrons. The first-order chi connectivity index (χ1) is 8.24. The first-order valence-corrected chi connectivity index (χ1v) is 6.57. The minimum atomic E-state index is 0.0148. The van der Waals surface area contributed by atoms with E-state index in [-0.39, 0.29) is 5.56 Å². The molecule has 0 bridgehead atoms. The summed E-state index contributed by atoms with van der Waals surface area (Å²) in [6.07, 6.45) is 5.69. The van der Waals surface area contributed by atoms with E-state index in [1.54, 1.807) is 35.4 Å². The summed E-state index contributed by atoms with van der Waals surface area (Å²) < 4.78 is 1.61. The maximum Gasteiger partial charge on any atom is 0.256 e. The number of hydrogen-bond donors (Lipinski definition) is 0. The minimum Gasteiger partial charge on any atom is -0.293 e. The molecular formula is C12H13N3OS. The van der Waals surface area contributed by atoms with Gasteiger partial charge >= 0.3 is 0 Å². The van der Waals surface area contributed by atoms with Crippen LogP contribution < -0.4 is 5.56 Å². The van der Waals surface area contributed by atoms with E-state index in [1.807, 2.05) is 5.38 Å². The average molecular weight is 247 g/mol. The van der Waals surface area contributed by atoms with Crippen molar-refractivity contribution in [3.05, 3.63) is 44.5 Å². The number of aryl methyl sites for hydroxylation is 1. The Morgan fingerprint density at radius 3 is 3.12 bits per heavy atom. The van der Waals surface area contributed by atoms with E-state index >= 15 is 0 Å². The molecule has 0 aliphatic heterocycles. The van der Waals surface area contributed by atoms with Crippen molar-refractivity contribution in [2.45, 2.75) is 32.2 Å². The smallest absolute Gasteiger partial charge is 0.256 e. The van der Waals surface area contributed by atoms with Crippen LogP contribution in [0.25, 0.3) is 0 Å². The molecule has 3 rings (SSSR count). The van der Waals surface area contributed by atoms with Crippen LogP contribution in [0.2, 0.25) is 0 Å². The zero-order valence-electron chi connectivity index (χ0n) is 9.59. The molecule has 0 unspecified atom stereocenters. The van der Waals surface area contributed by atoms with Crippen molar-refractivity contribution in [1.82, 2.24) is 14.5 Å². The van der Waals surface area contributed by atoms with Gasteiger partial charge in [-0.15, -0.1) is 11.3 Å². The van der Waals surface area contributed by atoms with Crippen LogP contribution in [-0.2, 0) is 6.54 Å². The van der Waals surface area contributed by atoms with Gasteiger partial charge < -0.3 is 0 Å². The van der Waals surface area contributed by atoms with Crippen LogP contribution in [0.4, 0.5) is 0 Å². The highest BCUT2D eigenvalue weighted by Crippen LogP contribution is 2.41. The molecule has 2 aromatic rings. The van der Waals surface area contributed by atoms with Gasteiger partial charge in [0.1, 0.15) is 0 Å². The molecule has 0 aromatic carbocycles. The van der Waals surface area contributed by atoms with Crippen molar-refractivity contribution in [3.63, 3.8) is 0 Å². The molecule has 0 N–H and O–H groups in total. The standard InChI is InChI=1S/C12H13N3OS/c1-8-4-13-7-15(12(8)16)5-10-6-17-11(14-10)9-2-3-9/h4,6-7,9H,2-3,5H2,1H3. The van der Waals surface area contributed by atoms with Crippen molar-refractivity contribution in [2.24, 2.45) is 0 Å². The Morgan fingerprint density at radius 1 is 1.53 bits per heavy atom. The quantitative estimate of drug-likeness (QED) is 0.832. The second kappa shape index (κ2) is 4.07. The zero-order valence-corrected chi connectivity index (χ0v) is 10.4. The summed E-state index contributed by atoms with van der Waals surface area (Å²) in [5, 5.41) is 3.26. The van der Waals surface area contributed by atoms with Gasteiger partial charge in [0.05, 0.1) is 23.6 Å². The highest BCUT2D eigenvalue weighted by molar-refractivity contribution is 7.09. The van der Waals surface area contributed by atoms with Gasteiger partial charge in [0, 0.05) is 23.1 Å². The van der Waals surface area contributed by atoms with Crippen LogP contribution in [0, 0.1) is 6.92 Å². The molecule has 2 aromatic heterocycles. The second-order valence-electron chi connectivity index (χ2n) is 4.46. The van der Waals surface area contributed by atoms with Crippen molar-refractivity contribution >= 4 is 11.3 Å². The van der Waals surface area contributed by atoms with Gasteiger partial charge in [-0.1, -0.05) is 0 Å². The number of thiazole rings is 1. The SMILES string of the molecule is Cc1cncn(Cc2csc(C3CC3)n2)c1=O. The predicted molar refractivity (Wildman–Crippen MR) is 66.4 cm³/mol. The van der Waals surface area contributed by atoms with Crippen LogP contribution in [0.15, 0.2) is 22.7 Å². The monoisotopic (exact) mass is 247 g/mol. The fourth-order valence-electron chi connectivity index (χ4n) is 1.76. The third-order valence-electron chi connectivity index (χ3n) is 2.90. The molecule has 0 atom stereocenters. The number of nitrogens with zero attached hydrogens (tertiary/aromatic N) is 3. The lowest BCUT2D eigenvalue weighted by atomic mass is 10.3. The Kier molecular flexibility index (Phi) is 2.55. The maximum absolute atomic E-state index is 11.8. The second-order valence-corrected chi connectivity index (χ2v) is 5.35. The zero-order chi connectivity index (χ0) is 11.8. The van der Waals surface area contributed by atoms with Gasteiger partial charge in [-0.05, 0) is 19.8 Å². The highest BCUT2D eigenvalue weighted by atomic mass is 32.1. The number of aromatic nitrogens is 3. The molecule has 0 radical (unpaired) electrons. The van der Waals surface area contributed by atoms with Gasteiger partial charge in [-0.3, -0.25) is 9.36 Å². The largest absolute Gasteiger partial charge is 0.293 e. The van der Waals surface area contributed by atoms with E-state index < -0.39 is 0 Å². The molecular weight excluding hydrogens is 234 g/mol. The van der Waals surface area contributed by atoms with Crippen LogP contribution >= 0.6 is 11.3 Å². The summed E-state index contributed by atoms with van der Waals surface area (Å²) in [7, 11) is 0. The van der Waals surface area contributed by atoms with Crippen molar-refractivity contribution in [1.29, 1.82) is 0 Å². The Labute approximate surface area is 103 Å². The topological polar surface area (TPSA) is 47.8 Å². The molecule has 4 nitrogen and oxygen atoms in total. The third kappa shape index (κ3) is 2.15. The predicted octanol–water partition coefficient (Wildman–Crippen LogP) is 1.93. The van der Waals surface area contributed by atoms with Crippen molar-refractivity contribution in [2.75, 3.05) is 0 Å². The molecule has 0 spiro atoms. The summed E-state index contributed by atoms with van der Waals surface area (Å²) in [6, 6.07) is 0. The maximum atomic E-state index is 11.8. The lowest BCUT2D eigenvalue weighted by molar-refractivity contribution is 0.713. The highest BCUT2D eigenvalue weighted by Gasteiger charge is 2.26. The molecule has 1 aliphatic carbocycles. The van der Waals surface area contributed by atoms with Gasteiger partial charge in [0.25, 0.3) is 5.56 Å². The Morgan fingerprint density at radius 2 is 2.35 bits per heavy atom. The Hall–Kier alpha value is -1.49. The lowest BCUT2D eigenvalue weighted by Crippen LogP contribution is -2.22. The third-order valence-corrected chi connectivity index (χ3v) is 3.96. The van der Waals surface area contributed by atoms with E-state index in [1.165, 1.54) is 17.8 Å². The van der Waals surface area contributed by atoms with E-state index in [4.69, 9.17) is 0 Å². The summed E-state index contributed by atoms with van der Waals surface area (Å²) in [6.45, 7) is 2.30. The van der Waals surface area contributed by atoms with Crippen molar-refractivity contribution < 1.29 is 0 Å². The molecule has 5 heteroatoms. The normalized spacial score (nSPS) is 15.1. The van der Waals surface area contributed by atoms with Crippen LogP contribution in [-0.4, -0.2) is 14.5 Å². The Bertz CT molecular complexity index is 598. The van der Waals surface area contributed by atoms with Crippen LogP contribution in [0.3, 0.4) is 0 Å². The first-order valence-electron chi connectivity index (χ1n) is 5.69. The lowest BCUT2D eigenvalue weighted by Gasteiger charge is -2.02. The van der Waals surface area contributed by atoms with E-state index in [2.05, 4.69) is 9.97 Å². The van der Waals surface area contributed by atoms with E-state index in [0.29, 0.717) is 18.0 Å². The molecule has 1 saturated carbocycles. The fourth-order valence-corrected chi connectivity index (χ4v) is 2.74. The molecule has 2 heterocycles.